The van der Waals surface area contributed by atoms with Crippen molar-refractivity contribution in [3.05, 3.63) is 42.1 Å². The van der Waals surface area contributed by atoms with Gasteiger partial charge in [0, 0.05) is 6.20 Å². The van der Waals surface area contributed by atoms with Crippen LogP contribution in [0.5, 0.6) is 0 Å². The van der Waals surface area contributed by atoms with Gasteiger partial charge in [0.05, 0.1) is 0 Å². The molecule has 7 heteroatoms. The number of hydrogen-bond acceptors (Lipinski definition) is 4. The van der Waals surface area contributed by atoms with Crippen LogP contribution in [0.3, 0.4) is 0 Å². The van der Waals surface area contributed by atoms with Crippen LogP contribution >= 0.6 is 0 Å². The summed E-state index contributed by atoms with van der Waals surface area (Å²) in [7, 11) is 0. The highest BCUT2D eigenvalue weighted by Crippen LogP contribution is 2.12. The summed E-state index contributed by atoms with van der Waals surface area (Å²) in [5.74, 6) is -1.17. The first kappa shape index (κ1) is 10.8. The van der Waals surface area contributed by atoms with Crippen LogP contribution in [-0.2, 0) is 0 Å². The van der Waals surface area contributed by atoms with Crippen LogP contribution in [0.4, 0.5) is 0 Å². The minimum Gasteiger partial charge on any atom is -0.364 e. The lowest BCUT2D eigenvalue weighted by Gasteiger charge is -2.04. The number of nitrogens with two attached hydrogens (primary N) is 2. The summed E-state index contributed by atoms with van der Waals surface area (Å²) < 4.78 is 1.32. The molecular formula is C10H9N5O2. The van der Waals surface area contributed by atoms with E-state index in [0.717, 1.165) is 0 Å². The molecule has 0 bridgehead atoms. The Kier molecular flexibility index (Phi) is 2.57. The summed E-state index contributed by atoms with van der Waals surface area (Å²) in [6, 6.07) is 5.11. The third-order valence-electron chi connectivity index (χ3n) is 2.13. The molecule has 2 rings (SSSR count). The van der Waals surface area contributed by atoms with E-state index < -0.39 is 11.8 Å². The van der Waals surface area contributed by atoms with Crippen molar-refractivity contribution < 1.29 is 9.59 Å². The summed E-state index contributed by atoms with van der Waals surface area (Å²) in [4.78, 5) is 30.2. The minimum atomic E-state index is -0.812. The summed E-state index contributed by atoms with van der Waals surface area (Å²) in [6.45, 7) is 0. The second-order valence-corrected chi connectivity index (χ2v) is 3.23. The molecule has 7 nitrogen and oxygen atoms in total. The van der Waals surface area contributed by atoms with Crippen molar-refractivity contribution in [2.24, 2.45) is 11.5 Å². The number of nitrogens with zero attached hydrogens (tertiary/aromatic N) is 3. The Morgan fingerprint density at radius 1 is 1.12 bits per heavy atom. The maximum Gasteiger partial charge on any atom is 0.269 e. The normalized spacial score (nSPS) is 10.1. The number of imidazole rings is 1. The van der Waals surface area contributed by atoms with E-state index in [-0.39, 0.29) is 11.4 Å². The lowest BCUT2D eigenvalue weighted by atomic mass is 10.3. The maximum atomic E-state index is 11.3. The van der Waals surface area contributed by atoms with Gasteiger partial charge in [0.25, 0.3) is 11.8 Å². The number of carbonyl (C=O) groups excluding carboxylic acids is 2. The van der Waals surface area contributed by atoms with E-state index >= 15 is 0 Å². The first-order valence-electron chi connectivity index (χ1n) is 4.69. The molecule has 0 aliphatic carbocycles. The maximum absolute atomic E-state index is 11.3. The van der Waals surface area contributed by atoms with Gasteiger partial charge in [-0.25, -0.2) is 9.97 Å². The van der Waals surface area contributed by atoms with E-state index in [4.69, 9.17) is 11.5 Å². The van der Waals surface area contributed by atoms with Crippen molar-refractivity contribution in [2.75, 3.05) is 0 Å². The van der Waals surface area contributed by atoms with Crippen LogP contribution in [0.25, 0.3) is 5.82 Å². The quantitative estimate of drug-likeness (QED) is 0.737. The molecule has 2 heterocycles. The van der Waals surface area contributed by atoms with Gasteiger partial charge in [0.15, 0.2) is 5.69 Å². The zero-order chi connectivity index (χ0) is 12.4. The predicted molar refractivity (Wildman–Crippen MR) is 58.4 cm³/mol. The van der Waals surface area contributed by atoms with Crippen LogP contribution in [0.2, 0.25) is 0 Å². The topological polar surface area (TPSA) is 117 Å². The lowest BCUT2D eigenvalue weighted by molar-refractivity contribution is 0.0960. The van der Waals surface area contributed by atoms with Crippen molar-refractivity contribution in [1.29, 1.82) is 0 Å². The summed E-state index contributed by atoms with van der Waals surface area (Å²) in [5, 5.41) is 0. The Morgan fingerprint density at radius 2 is 1.88 bits per heavy atom. The van der Waals surface area contributed by atoms with Crippen LogP contribution in [0.1, 0.15) is 21.0 Å². The summed E-state index contributed by atoms with van der Waals surface area (Å²) in [5.41, 5.74) is 10.1. The minimum absolute atomic E-state index is 0.0730. The van der Waals surface area contributed by atoms with E-state index in [0.29, 0.717) is 5.82 Å². The van der Waals surface area contributed by atoms with Crippen molar-refractivity contribution >= 4 is 11.8 Å². The van der Waals surface area contributed by atoms with Gasteiger partial charge in [-0.3, -0.25) is 14.2 Å². The first-order valence-corrected chi connectivity index (χ1v) is 4.69. The fourth-order valence-electron chi connectivity index (χ4n) is 1.43. The van der Waals surface area contributed by atoms with Gasteiger partial charge in [0.1, 0.15) is 17.8 Å². The number of amides is 2. The molecule has 17 heavy (non-hydrogen) atoms. The van der Waals surface area contributed by atoms with E-state index in [9.17, 15) is 9.59 Å². The molecule has 0 aromatic carbocycles. The smallest absolute Gasteiger partial charge is 0.269 e. The zero-order valence-electron chi connectivity index (χ0n) is 8.70. The Morgan fingerprint density at radius 3 is 2.41 bits per heavy atom. The highest BCUT2D eigenvalue weighted by molar-refractivity contribution is 6.04. The number of pyridine rings is 1. The molecule has 0 fully saturated rings. The Hall–Kier alpha value is -2.70. The van der Waals surface area contributed by atoms with Gasteiger partial charge in [-0.15, -0.1) is 0 Å². The molecule has 0 unspecified atom stereocenters. The molecule has 0 atom stereocenters. The Bertz CT molecular complexity index is 576. The SMILES string of the molecule is NC(=O)c1ncn(-c2ccccn2)c1C(N)=O. The molecule has 2 aromatic heterocycles. The van der Waals surface area contributed by atoms with E-state index in [1.165, 1.54) is 10.9 Å². The molecule has 86 valence electrons. The molecule has 0 saturated heterocycles. The molecule has 4 N–H and O–H groups in total. The molecule has 0 radical (unpaired) electrons. The standard InChI is InChI=1S/C10H9N5O2/c11-9(16)7-8(10(12)17)15(5-14-7)6-3-1-2-4-13-6/h1-5H,(H2,11,16)(H2,12,17). The van der Waals surface area contributed by atoms with Gasteiger partial charge in [0.2, 0.25) is 0 Å². The third-order valence-corrected chi connectivity index (χ3v) is 2.13. The fraction of sp³-hybridized carbons (Fsp3) is 0. The van der Waals surface area contributed by atoms with Crippen LogP contribution < -0.4 is 11.5 Å². The number of hydrogen-bond donors (Lipinski definition) is 2. The van der Waals surface area contributed by atoms with E-state index in [2.05, 4.69) is 9.97 Å². The van der Waals surface area contributed by atoms with Gasteiger partial charge in [-0.05, 0) is 12.1 Å². The average Bonchev–Trinajstić information content (AvgIpc) is 2.74. The number of aromatic nitrogens is 3. The molecular weight excluding hydrogens is 222 g/mol. The van der Waals surface area contributed by atoms with Crippen molar-refractivity contribution in [1.82, 2.24) is 14.5 Å². The van der Waals surface area contributed by atoms with E-state index in [1.807, 2.05) is 0 Å². The van der Waals surface area contributed by atoms with Gasteiger partial charge in [-0.1, -0.05) is 6.07 Å². The third kappa shape index (κ3) is 1.85. The molecule has 0 spiro atoms. The highest BCUT2D eigenvalue weighted by atomic mass is 16.2. The molecule has 0 aliphatic rings. The second-order valence-electron chi connectivity index (χ2n) is 3.23. The number of primary amides is 2. The predicted octanol–water partition coefficient (Wildman–Crippen LogP) is -0.535. The highest BCUT2D eigenvalue weighted by Gasteiger charge is 2.21. The Labute approximate surface area is 96.1 Å². The zero-order valence-corrected chi connectivity index (χ0v) is 8.70. The van der Waals surface area contributed by atoms with Crippen molar-refractivity contribution in [3.63, 3.8) is 0 Å². The monoisotopic (exact) mass is 231 g/mol. The van der Waals surface area contributed by atoms with Crippen molar-refractivity contribution in [2.45, 2.75) is 0 Å². The first-order chi connectivity index (χ1) is 8.11. The van der Waals surface area contributed by atoms with Crippen LogP contribution in [-0.4, -0.2) is 26.3 Å². The fourth-order valence-corrected chi connectivity index (χ4v) is 1.43. The van der Waals surface area contributed by atoms with E-state index in [1.54, 1.807) is 24.4 Å². The average molecular weight is 231 g/mol. The second kappa shape index (κ2) is 4.05. The summed E-state index contributed by atoms with van der Waals surface area (Å²) >= 11 is 0. The van der Waals surface area contributed by atoms with Crippen LogP contribution in [0, 0.1) is 0 Å². The molecule has 2 aromatic rings. The Balaban J connectivity index is 2.64. The number of carbonyl (C=O) groups is 2. The molecule has 0 saturated carbocycles. The summed E-state index contributed by atoms with van der Waals surface area (Å²) in [6.07, 6.45) is 2.83. The van der Waals surface area contributed by atoms with Gasteiger partial charge in [-0.2, -0.15) is 0 Å². The van der Waals surface area contributed by atoms with Crippen LogP contribution in [0.15, 0.2) is 30.7 Å². The number of rotatable bonds is 3. The molecule has 0 aliphatic heterocycles. The molecule has 2 amide bonds. The van der Waals surface area contributed by atoms with Gasteiger partial charge >= 0.3 is 0 Å². The van der Waals surface area contributed by atoms with Gasteiger partial charge < -0.3 is 11.5 Å². The lowest BCUT2D eigenvalue weighted by Crippen LogP contribution is -2.23. The van der Waals surface area contributed by atoms with Crippen molar-refractivity contribution in [3.8, 4) is 5.82 Å². The largest absolute Gasteiger partial charge is 0.364 e.